The Labute approximate surface area is 205 Å². The van der Waals surface area contributed by atoms with E-state index in [1.165, 1.54) is 18.2 Å². The Morgan fingerprint density at radius 3 is 2.47 bits per heavy atom. The van der Waals surface area contributed by atoms with E-state index in [0.29, 0.717) is 30.3 Å². The van der Waals surface area contributed by atoms with E-state index >= 15 is 0 Å². The molecule has 0 bridgehead atoms. The first-order valence-corrected chi connectivity index (χ1v) is 11.1. The van der Waals surface area contributed by atoms with Crippen molar-refractivity contribution in [3.8, 4) is 17.6 Å². The zero-order chi connectivity index (χ0) is 24.5. The summed E-state index contributed by atoms with van der Waals surface area (Å²) in [5.41, 5.74) is 1.38. The summed E-state index contributed by atoms with van der Waals surface area (Å²) in [4.78, 5) is 24.0. The number of ether oxygens (including phenoxy) is 2. The van der Waals surface area contributed by atoms with Crippen LogP contribution in [0.3, 0.4) is 0 Å². The van der Waals surface area contributed by atoms with Crippen LogP contribution in [0.4, 0.5) is 5.69 Å². The fourth-order valence-corrected chi connectivity index (χ4v) is 3.29. The van der Waals surface area contributed by atoms with Crippen molar-refractivity contribution >= 4 is 39.6 Å². The van der Waals surface area contributed by atoms with E-state index in [-0.39, 0.29) is 16.8 Å². The molecule has 8 heteroatoms. The lowest BCUT2D eigenvalue weighted by Crippen LogP contribution is -2.16. The number of rotatable bonds is 9. The van der Waals surface area contributed by atoms with Crippen LogP contribution in [0.25, 0.3) is 6.08 Å². The number of nitrogens with zero attached hydrogens (tertiary/aromatic N) is 1. The molecule has 2 N–H and O–H groups in total. The molecule has 0 fully saturated rings. The molecule has 0 unspecified atom stereocenters. The molecule has 7 nitrogen and oxygen atoms in total. The summed E-state index contributed by atoms with van der Waals surface area (Å²) in [5, 5.41) is 21.3. The third-order valence-corrected chi connectivity index (χ3v) is 5.19. The minimum Gasteiger partial charge on any atom is -0.490 e. The quantitative estimate of drug-likeness (QED) is 0.278. The zero-order valence-electron chi connectivity index (χ0n) is 18.2. The zero-order valence-corrected chi connectivity index (χ0v) is 19.8. The maximum absolute atomic E-state index is 12.6. The average molecular weight is 521 g/mol. The summed E-state index contributed by atoms with van der Waals surface area (Å²) in [5.74, 6) is -0.897. The molecule has 0 spiro atoms. The number of nitrogens with one attached hydrogen (secondary N) is 1. The SMILES string of the molecule is CCOc1cc(/C=C(\C#N)C(=O)Nc2ccccc2C(=O)O)ccc1OCc1ccc(Br)cc1. The topological polar surface area (TPSA) is 109 Å². The van der Waals surface area contributed by atoms with Crippen molar-refractivity contribution < 1.29 is 24.2 Å². The Morgan fingerprint density at radius 1 is 1.06 bits per heavy atom. The highest BCUT2D eigenvalue weighted by molar-refractivity contribution is 9.10. The number of halogens is 1. The van der Waals surface area contributed by atoms with E-state index in [0.717, 1.165) is 10.0 Å². The second kappa shape index (κ2) is 11.7. The van der Waals surface area contributed by atoms with Gasteiger partial charge in [0.15, 0.2) is 11.5 Å². The van der Waals surface area contributed by atoms with Crippen LogP contribution < -0.4 is 14.8 Å². The van der Waals surface area contributed by atoms with E-state index in [2.05, 4.69) is 21.2 Å². The number of amides is 1. The van der Waals surface area contributed by atoms with Crippen LogP contribution in [0, 0.1) is 11.3 Å². The highest BCUT2D eigenvalue weighted by Crippen LogP contribution is 2.30. The molecule has 0 aliphatic heterocycles. The van der Waals surface area contributed by atoms with Gasteiger partial charge in [-0.2, -0.15) is 5.26 Å². The minimum atomic E-state index is -1.18. The molecule has 0 aliphatic rings. The van der Waals surface area contributed by atoms with Crippen LogP contribution in [-0.4, -0.2) is 23.6 Å². The maximum atomic E-state index is 12.6. The molecule has 0 heterocycles. The van der Waals surface area contributed by atoms with Gasteiger partial charge >= 0.3 is 5.97 Å². The number of aromatic carboxylic acids is 1. The number of hydrogen-bond donors (Lipinski definition) is 2. The Balaban J connectivity index is 1.80. The van der Waals surface area contributed by atoms with Gasteiger partial charge in [-0.05, 0) is 60.5 Å². The number of hydrogen-bond acceptors (Lipinski definition) is 5. The minimum absolute atomic E-state index is 0.0703. The van der Waals surface area contributed by atoms with Crippen molar-refractivity contribution in [2.24, 2.45) is 0 Å². The van der Waals surface area contributed by atoms with Gasteiger partial charge in [0.25, 0.3) is 5.91 Å². The second-order valence-corrected chi connectivity index (χ2v) is 7.94. The molecule has 0 atom stereocenters. The molecule has 0 aromatic heterocycles. The van der Waals surface area contributed by atoms with E-state index in [4.69, 9.17) is 9.47 Å². The van der Waals surface area contributed by atoms with Crippen molar-refractivity contribution in [1.82, 2.24) is 0 Å². The molecule has 3 aromatic rings. The molecule has 0 radical (unpaired) electrons. The maximum Gasteiger partial charge on any atom is 0.337 e. The van der Waals surface area contributed by atoms with Gasteiger partial charge in [0.2, 0.25) is 0 Å². The predicted molar refractivity (Wildman–Crippen MR) is 132 cm³/mol. The number of para-hydroxylation sites is 1. The standard InChI is InChI=1S/C26H21BrN2O5/c1-2-33-24-14-18(9-12-23(24)34-16-17-7-10-20(27)11-8-17)13-19(15-28)25(30)29-22-6-4-3-5-21(22)26(31)32/h3-14H,2,16H2,1H3,(H,29,30)(H,31,32)/b19-13+. The summed E-state index contributed by atoms with van der Waals surface area (Å²) in [6.07, 6.45) is 1.40. The largest absolute Gasteiger partial charge is 0.490 e. The predicted octanol–water partition coefficient (Wildman–Crippen LogP) is 5.67. The highest BCUT2D eigenvalue weighted by Gasteiger charge is 2.15. The number of carboxylic acids is 1. The Bertz CT molecular complexity index is 1260. The smallest absolute Gasteiger partial charge is 0.337 e. The first-order valence-electron chi connectivity index (χ1n) is 10.3. The summed E-state index contributed by atoms with van der Waals surface area (Å²) in [7, 11) is 0. The van der Waals surface area contributed by atoms with Crippen LogP contribution in [0.1, 0.15) is 28.4 Å². The first-order chi connectivity index (χ1) is 16.4. The molecule has 34 heavy (non-hydrogen) atoms. The Kier molecular flexibility index (Phi) is 8.43. The number of carbonyl (C=O) groups excluding carboxylic acids is 1. The average Bonchev–Trinajstić information content (AvgIpc) is 2.83. The molecule has 0 saturated heterocycles. The van der Waals surface area contributed by atoms with E-state index in [1.807, 2.05) is 37.3 Å². The van der Waals surface area contributed by atoms with E-state index < -0.39 is 11.9 Å². The lowest BCUT2D eigenvalue weighted by molar-refractivity contribution is -0.112. The number of benzene rings is 3. The van der Waals surface area contributed by atoms with Gasteiger partial charge in [-0.1, -0.05) is 46.3 Å². The number of anilines is 1. The van der Waals surface area contributed by atoms with Gasteiger partial charge in [-0.3, -0.25) is 4.79 Å². The normalized spacial score (nSPS) is 10.8. The van der Waals surface area contributed by atoms with Gasteiger partial charge in [0.05, 0.1) is 17.9 Å². The monoisotopic (exact) mass is 520 g/mol. The second-order valence-electron chi connectivity index (χ2n) is 7.03. The van der Waals surface area contributed by atoms with Crippen LogP contribution >= 0.6 is 15.9 Å². The van der Waals surface area contributed by atoms with Gasteiger partial charge in [0, 0.05) is 4.47 Å². The lowest BCUT2D eigenvalue weighted by Gasteiger charge is -2.13. The van der Waals surface area contributed by atoms with Crippen LogP contribution in [0.5, 0.6) is 11.5 Å². The van der Waals surface area contributed by atoms with Crippen molar-refractivity contribution in [2.45, 2.75) is 13.5 Å². The lowest BCUT2D eigenvalue weighted by atomic mass is 10.1. The van der Waals surface area contributed by atoms with Gasteiger partial charge in [-0.15, -0.1) is 0 Å². The molecular formula is C26H21BrN2O5. The molecule has 1 amide bonds. The number of nitriles is 1. The summed E-state index contributed by atoms with van der Waals surface area (Å²) in [6.45, 7) is 2.59. The first kappa shape index (κ1) is 24.6. The van der Waals surface area contributed by atoms with Crippen LogP contribution in [0.2, 0.25) is 0 Å². The van der Waals surface area contributed by atoms with Gasteiger partial charge < -0.3 is 19.9 Å². The molecular weight excluding hydrogens is 500 g/mol. The van der Waals surface area contributed by atoms with Crippen molar-refractivity contribution in [3.05, 3.63) is 93.5 Å². The van der Waals surface area contributed by atoms with Crippen molar-refractivity contribution in [3.63, 3.8) is 0 Å². The summed E-state index contributed by atoms with van der Waals surface area (Å²) in [6, 6.07) is 20.7. The summed E-state index contributed by atoms with van der Waals surface area (Å²) >= 11 is 3.40. The molecule has 0 aliphatic carbocycles. The highest BCUT2D eigenvalue weighted by atomic mass is 79.9. The fourth-order valence-electron chi connectivity index (χ4n) is 3.03. The Hall–Kier alpha value is -4.09. The van der Waals surface area contributed by atoms with E-state index in [1.54, 1.807) is 30.3 Å². The third kappa shape index (κ3) is 6.47. The molecule has 3 rings (SSSR count). The number of carbonyl (C=O) groups is 2. The fraction of sp³-hybridized carbons (Fsp3) is 0.115. The van der Waals surface area contributed by atoms with Gasteiger partial charge in [-0.25, -0.2) is 4.79 Å². The molecule has 0 saturated carbocycles. The van der Waals surface area contributed by atoms with Crippen LogP contribution in [-0.2, 0) is 11.4 Å². The summed E-state index contributed by atoms with van der Waals surface area (Å²) < 4.78 is 12.6. The molecule has 3 aromatic carbocycles. The van der Waals surface area contributed by atoms with Crippen LogP contribution in [0.15, 0.2) is 76.8 Å². The number of carboxylic acid groups (broad SMARTS) is 1. The van der Waals surface area contributed by atoms with Crippen molar-refractivity contribution in [1.29, 1.82) is 5.26 Å². The van der Waals surface area contributed by atoms with Crippen molar-refractivity contribution in [2.75, 3.05) is 11.9 Å². The Morgan fingerprint density at radius 2 is 1.79 bits per heavy atom. The molecule has 172 valence electrons. The van der Waals surface area contributed by atoms with E-state index in [9.17, 15) is 20.0 Å². The van der Waals surface area contributed by atoms with Gasteiger partial charge in [0.1, 0.15) is 18.2 Å². The third-order valence-electron chi connectivity index (χ3n) is 4.66.